The summed E-state index contributed by atoms with van der Waals surface area (Å²) in [5.41, 5.74) is 5.81. The van der Waals surface area contributed by atoms with Crippen molar-refractivity contribution in [1.29, 1.82) is 0 Å². The molecule has 0 fully saturated rings. The summed E-state index contributed by atoms with van der Waals surface area (Å²) in [5.74, 6) is -1.14. The molecule has 0 radical (unpaired) electrons. The summed E-state index contributed by atoms with van der Waals surface area (Å²) in [5, 5.41) is 0. The third kappa shape index (κ3) is 3.09. The number of aromatic amines is 1. The van der Waals surface area contributed by atoms with E-state index in [1.54, 1.807) is 0 Å². The molecule has 1 aromatic rings. The van der Waals surface area contributed by atoms with Crippen LogP contribution >= 0.6 is 0 Å². The number of carbonyl (C=O) groups excluding carboxylic acids is 1. The van der Waals surface area contributed by atoms with Crippen LogP contribution in [-0.2, 0) is 16.0 Å². The highest BCUT2D eigenvalue weighted by Crippen LogP contribution is 2.01. The third-order valence-corrected chi connectivity index (χ3v) is 1.49. The van der Waals surface area contributed by atoms with Gasteiger partial charge in [-0.15, -0.1) is 0 Å². The van der Waals surface area contributed by atoms with Gasteiger partial charge in [-0.05, 0) is 0 Å². The number of imidazole rings is 1. The van der Waals surface area contributed by atoms with Gasteiger partial charge in [0.05, 0.1) is 12.0 Å². The molecule has 0 bridgehead atoms. The van der Waals surface area contributed by atoms with Crippen molar-refractivity contribution in [2.45, 2.75) is 19.1 Å². The summed E-state index contributed by atoms with van der Waals surface area (Å²) in [6.07, 6.45) is 2.99. The first-order chi connectivity index (χ1) is 6.59. The van der Waals surface area contributed by atoms with Crippen LogP contribution in [0.25, 0.3) is 0 Å². The minimum atomic E-state index is -3.13. The average molecular weight is 205 g/mol. The van der Waals surface area contributed by atoms with E-state index in [4.69, 9.17) is 5.73 Å². The van der Waals surface area contributed by atoms with Gasteiger partial charge < -0.3 is 15.5 Å². The minimum Gasteiger partial charge on any atom is -0.402 e. The Balaban J connectivity index is 2.42. The molecule has 0 aliphatic heterocycles. The summed E-state index contributed by atoms with van der Waals surface area (Å²) >= 11 is 0. The number of hydrogen-bond donors (Lipinski definition) is 2. The van der Waals surface area contributed by atoms with Crippen LogP contribution in [0.15, 0.2) is 12.5 Å². The molecule has 1 aromatic heterocycles. The van der Waals surface area contributed by atoms with Gasteiger partial charge in [0, 0.05) is 12.6 Å². The van der Waals surface area contributed by atoms with E-state index in [1.165, 1.54) is 12.5 Å². The van der Waals surface area contributed by atoms with Crippen LogP contribution in [0.4, 0.5) is 8.78 Å². The number of rotatable bonds is 4. The minimum absolute atomic E-state index is 0.0645. The molecule has 1 rings (SSSR count). The van der Waals surface area contributed by atoms with Crippen LogP contribution in [0.3, 0.4) is 0 Å². The molecule has 0 aliphatic rings. The molecule has 7 heteroatoms. The highest BCUT2D eigenvalue weighted by molar-refractivity contribution is 5.75. The van der Waals surface area contributed by atoms with E-state index in [0.29, 0.717) is 5.69 Å². The number of nitrogens with one attached hydrogen (secondary N) is 1. The van der Waals surface area contributed by atoms with E-state index in [9.17, 15) is 13.6 Å². The molecular formula is C7H9F2N3O2. The van der Waals surface area contributed by atoms with E-state index in [-0.39, 0.29) is 6.42 Å². The van der Waals surface area contributed by atoms with Crippen LogP contribution in [0.1, 0.15) is 5.69 Å². The number of hydrogen-bond acceptors (Lipinski definition) is 4. The lowest BCUT2D eigenvalue weighted by Crippen LogP contribution is -2.35. The zero-order chi connectivity index (χ0) is 10.6. The maximum atomic E-state index is 11.6. The Morgan fingerprint density at radius 3 is 2.93 bits per heavy atom. The van der Waals surface area contributed by atoms with E-state index in [2.05, 4.69) is 14.7 Å². The van der Waals surface area contributed by atoms with Crippen molar-refractivity contribution in [2.75, 3.05) is 0 Å². The Hall–Kier alpha value is -1.50. The summed E-state index contributed by atoms with van der Waals surface area (Å²) in [6, 6.07) is -1.12. The van der Waals surface area contributed by atoms with E-state index < -0.39 is 18.6 Å². The summed E-state index contributed by atoms with van der Waals surface area (Å²) < 4.78 is 26.8. The monoisotopic (exact) mass is 205 g/mol. The van der Waals surface area contributed by atoms with Crippen LogP contribution in [0.2, 0.25) is 0 Å². The van der Waals surface area contributed by atoms with Crippen molar-refractivity contribution < 1.29 is 18.3 Å². The van der Waals surface area contributed by atoms with Gasteiger partial charge in [0.1, 0.15) is 6.04 Å². The van der Waals surface area contributed by atoms with Gasteiger partial charge in [-0.3, -0.25) is 4.79 Å². The molecule has 0 saturated heterocycles. The standard InChI is InChI=1S/C7H9F2N3O2/c8-7(9)14-6(13)5(10)1-4-2-11-3-12-4/h2-3,5,7H,1,10H2,(H,11,12)/t5-/m0/s1. The summed E-state index contributed by atoms with van der Waals surface area (Å²) in [4.78, 5) is 17.2. The first-order valence-electron chi connectivity index (χ1n) is 3.81. The molecule has 0 unspecified atom stereocenters. The zero-order valence-corrected chi connectivity index (χ0v) is 7.11. The summed E-state index contributed by atoms with van der Waals surface area (Å²) in [6.45, 7) is -3.13. The molecule has 0 aromatic carbocycles. The van der Waals surface area contributed by atoms with Crippen LogP contribution in [0.5, 0.6) is 0 Å². The Morgan fingerprint density at radius 2 is 2.43 bits per heavy atom. The number of esters is 1. The SMILES string of the molecule is N[C@@H](Cc1c[nH]cn1)C(=O)OC(F)F. The summed E-state index contributed by atoms with van der Waals surface area (Å²) in [7, 11) is 0. The first-order valence-corrected chi connectivity index (χ1v) is 3.81. The number of nitrogens with two attached hydrogens (primary N) is 1. The van der Waals surface area contributed by atoms with E-state index in [0.717, 1.165) is 0 Å². The van der Waals surface area contributed by atoms with Gasteiger partial charge in [-0.1, -0.05) is 0 Å². The van der Waals surface area contributed by atoms with Crippen molar-refractivity contribution in [3.8, 4) is 0 Å². The smallest absolute Gasteiger partial charge is 0.389 e. The molecule has 3 N–H and O–H groups in total. The molecule has 14 heavy (non-hydrogen) atoms. The van der Waals surface area contributed by atoms with E-state index in [1.807, 2.05) is 0 Å². The number of nitrogens with zero attached hydrogens (tertiary/aromatic N) is 1. The Bertz CT molecular complexity index is 289. The topological polar surface area (TPSA) is 81.0 Å². The molecule has 78 valence electrons. The molecule has 5 nitrogen and oxygen atoms in total. The van der Waals surface area contributed by atoms with Crippen molar-refractivity contribution in [3.05, 3.63) is 18.2 Å². The lowest BCUT2D eigenvalue weighted by Gasteiger charge is -2.08. The predicted octanol–water partition coefficient (Wildman–Crippen LogP) is 0.0453. The van der Waals surface area contributed by atoms with Gasteiger partial charge in [0.25, 0.3) is 0 Å². The molecule has 0 saturated carbocycles. The number of halogens is 2. The highest BCUT2D eigenvalue weighted by Gasteiger charge is 2.20. The number of carbonyl (C=O) groups is 1. The van der Waals surface area contributed by atoms with Gasteiger partial charge in [-0.25, -0.2) is 4.98 Å². The fourth-order valence-electron chi connectivity index (χ4n) is 0.886. The number of alkyl halides is 2. The van der Waals surface area contributed by atoms with Crippen molar-refractivity contribution in [2.24, 2.45) is 5.73 Å². The largest absolute Gasteiger partial charge is 0.402 e. The Kier molecular flexibility index (Phi) is 3.52. The predicted molar refractivity (Wildman–Crippen MR) is 42.4 cm³/mol. The van der Waals surface area contributed by atoms with E-state index >= 15 is 0 Å². The quantitative estimate of drug-likeness (QED) is 0.680. The normalized spacial score (nSPS) is 12.9. The van der Waals surface area contributed by atoms with Gasteiger partial charge in [-0.2, -0.15) is 8.78 Å². The fraction of sp³-hybridized carbons (Fsp3) is 0.429. The van der Waals surface area contributed by atoms with Gasteiger partial charge in [0.15, 0.2) is 0 Å². The van der Waals surface area contributed by atoms with Crippen molar-refractivity contribution >= 4 is 5.97 Å². The number of ether oxygens (including phenoxy) is 1. The molecule has 0 aliphatic carbocycles. The van der Waals surface area contributed by atoms with Crippen LogP contribution < -0.4 is 5.73 Å². The fourth-order valence-corrected chi connectivity index (χ4v) is 0.886. The second kappa shape index (κ2) is 4.66. The van der Waals surface area contributed by atoms with Crippen LogP contribution in [-0.4, -0.2) is 28.6 Å². The van der Waals surface area contributed by atoms with Crippen molar-refractivity contribution in [3.63, 3.8) is 0 Å². The molecular weight excluding hydrogens is 196 g/mol. The molecule has 1 atom stereocenters. The average Bonchev–Trinajstić information content (AvgIpc) is 2.55. The Labute approximate surface area is 78.3 Å². The number of aromatic nitrogens is 2. The second-order valence-electron chi connectivity index (χ2n) is 2.57. The highest BCUT2D eigenvalue weighted by atomic mass is 19.3. The lowest BCUT2D eigenvalue weighted by atomic mass is 10.2. The maximum Gasteiger partial charge on any atom is 0.389 e. The lowest BCUT2D eigenvalue weighted by molar-refractivity contribution is -0.177. The third-order valence-electron chi connectivity index (χ3n) is 1.49. The van der Waals surface area contributed by atoms with Gasteiger partial charge in [0.2, 0.25) is 0 Å². The first kappa shape index (κ1) is 10.6. The Morgan fingerprint density at radius 1 is 1.71 bits per heavy atom. The molecule has 1 heterocycles. The molecule has 0 spiro atoms. The zero-order valence-electron chi connectivity index (χ0n) is 7.11. The number of H-pyrrole nitrogens is 1. The van der Waals surface area contributed by atoms with Gasteiger partial charge >= 0.3 is 12.6 Å². The van der Waals surface area contributed by atoms with Crippen molar-refractivity contribution in [1.82, 2.24) is 9.97 Å². The second-order valence-corrected chi connectivity index (χ2v) is 2.57. The maximum absolute atomic E-state index is 11.6. The molecule has 0 amide bonds. The van der Waals surface area contributed by atoms with Crippen LogP contribution in [0, 0.1) is 0 Å².